The highest BCUT2D eigenvalue weighted by atomic mass is 32.2. The first-order valence-electron chi connectivity index (χ1n) is 11.3. The van der Waals surface area contributed by atoms with Crippen LogP contribution in [0.25, 0.3) is 5.13 Å². The first-order valence-corrected chi connectivity index (χ1v) is 14.5. The van der Waals surface area contributed by atoms with E-state index in [-0.39, 0.29) is 12.1 Å². The molecule has 4 heterocycles. The van der Waals surface area contributed by atoms with E-state index < -0.39 is 10.0 Å². The molecule has 11 heteroatoms. The van der Waals surface area contributed by atoms with Crippen molar-refractivity contribution in [3.05, 3.63) is 88.4 Å². The van der Waals surface area contributed by atoms with Crippen molar-refractivity contribution in [3.63, 3.8) is 0 Å². The van der Waals surface area contributed by atoms with Crippen LogP contribution in [0.5, 0.6) is 0 Å². The number of hydrogen-bond acceptors (Lipinski definition) is 6. The first-order chi connectivity index (χ1) is 17.1. The number of hydrogen-bond donors (Lipinski definition) is 2. The predicted molar refractivity (Wildman–Crippen MR) is 148 cm³/mol. The third-order valence-electron chi connectivity index (χ3n) is 6.28. The standard InChI is InChI=1S/C25H26N6O2S3/c1-15-13-18(8-9-20(15)29-36(4,32)33)31-23(22(28-24(31)34)21-7-5-6-10-26-21)19-14-16(2)30(17(19)3)25-27-11-12-35-25/h5-14,22-23,29H,1-4H3,(H,28,34)/t22-,23+/m1/s1. The van der Waals surface area contributed by atoms with E-state index in [0.29, 0.717) is 10.8 Å². The van der Waals surface area contributed by atoms with Gasteiger partial charge in [-0.15, -0.1) is 11.3 Å². The number of thiocarbonyl (C=S) groups is 1. The zero-order chi connectivity index (χ0) is 25.6. The molecule has 0 unspecified atom stereocenters. The van der Waals surface area contributed by atoms with Crippen LogP contribution >= 0.6 is 23.6 Å². The minimum absolute atomic E-state index is 0.180. The number of anilines is 2. The maximum Gasteiger partial charge on any atom is 0.229 e. The van der Waals surface area contributed by atoms with Crippen LogP contribution in [0.2, 0.25) is 0 Å². The minimum atomic E-state index is -3.39. The lowest BCUT2D eigenvalue weighted by molar-refractivity contribution is 0.565. The van der Waals surface area contributed by atoms with Crippen molar-refractivity contribution in [1.82, 2.24) is 19.9 Å². The van der Waals surface area contributed by atoms with Gasteiger partial charge in [-0.2, -0.15) is 0 Å². The molecule has 0 aliphatic carbocycles. The summed E-state index contributed by atoms with van der Waals surface area (Å²) in [6.07, 6.45) is 4.74. The molecule has 1 saturated heterocycles. The van der Waals surface area contributed by atoms with Gasteiger partial charge in [0.1, 0.15) is 0 Å². The summed E-state index contributed by atoms with van der Waals surface area (Å²) in [7, 11) is -3.39. The van der Waals surface area contributed by atoms with Gasteiger partial charge in [-0.1, -0.05) is 6.07 Å². The van der Waals surface area contributed by atoms with Crippen LogP contribution in [-0.4, -0.2) is 34.3 Å². The zero-order valence-corrected chi connectivity index (χ0v) is 22.7. The molecule has 0 amide bonds. The van der Waals surface area contributed by atoms with Crippen LogP contribution in [0.4, 0.5) is 11.4 Å². The van der Waals surface area contributed by atoms with E-state index in [9.17, 15) is 8.42 Å². The van der Waals surface area contributed by atoms with Gasteiger partial charge in [-0.25, -0.2) is 13.4 Å². The van der Waals surface area contributed by atoms with E-state index >= 15 is 0 Å². The number of aromatic nitrogens is 3. The average molecular weight is 539 g/mol. The molecule has 3 aromatic heterocycles. The number of nitrogens with zero attached hydrogens (tertiary/aromatic N) is 4. The number of aryl methyl sites for hydroxylation is 2. The van der Waals surface area contributed by atoms with E-state index in [2.05, 4.69) is 49.4 Å². The fourth-order valence-electron chi connectivity index (χ4n) is 4.77. The van der Waals surface area contributed by atoms with Crippen LogP contribution in [0, 0.1) is 20.8 Å². The molecule has 2 atom stereocenters. The van der Waals surface area contributed by atoms with Gasteiger partial charge in [0.2, 0.25) is 10.0 Å². The maximum absolute atomic E-state index is 11.8. The highest BCUT2D eigenvalue weighted by Gasteiger charge is 2.42. The lowest BCUT2D eigenvalue weighted by atomic mass is 9.96. The summed E-state index contributed by atoms with van der Waals surface area (Å²) in [5, 5.41) is 6.96. The number of pyridine rings is 1. The molecule has 0 spiro atoms. The Kier molecular flexibility index (Phi) is 6.31. The summed E-state index contributed by atoms with van der Waals surface area (Å²) >= 11 is 7.45. The van der Waals surface area contributed by atoms with Crippen molar-refractivity contribution in [1.29, 1.82) is 0 Å². The van der Waals surface area contributed by atoms with Crippen LogP contribution < -0.4 is 14.9 Å². The van der Waals surface area contributed by atoms with E-state index in [1.807, 2.05) is 48.8 Å². The van der Waals surface area contributed by atoms with Gasteiger partial charge in [0, 0.05) is 34.8 Å². The molecule has 0 bridgehead atoms. The number of rotatable bonds is 6. The Morgan fingerprint density at radius 2 is 1.89 bits per heavy atom. The Hall–Kier alpha value is -3.28. The van der Waals surface area contributed by atoms with Crippen LogP contribution in [0.15, 0.2) is 60.2 Å². The lowest BCUT2D eigenvalue weighted by Crippen LogP contribution is -2.29. The Balaban J connectivity index is 1.64. The minimum Gasteiger partial charge on any atom is -0.351 e. The largest absolute Gasteiger partial charge is 0.351 e. The zero-order valence-electron chi connectivity index (χ0n) is 20.3. The lowest BCUT2D eigenvalue weighted by Gasteiger charge is -2.28. The monoisotopic (exact) mass is 538 g/mol. The van der Waals surface area contributed by atoms with E-state index in [1.165, 1.54) is 0 Å². The fraction of sp³-hybridized carbons (Fsp3) is 0.240. The summed E-state index contributed by atoms with van der Waals surface area (Å²) in [6.45, 7) is 6.06. The van der Waals surface area contributed by atoms with Crippen molar-refractivity contribution in [2.45, 2.75) is 32.9 Å². The maximum atomic E-state index is 11.8. The van der Waals surface area contributed by atoms with Crippen molar-refractivity contribution in [2.75, 3.05) is 15.9 Å². The highest BCUT2D eigenvalue weighted by Crippen LogP contribution is 2.44. The third kappa shape index (κ3) is 4.49. The average Bonchev–Trinajstić information content (AvgIpc) is 3.53. The molecule has 2 N–H and O–H groups in total. The molecular formula is C25H26N6O2S3. The normalized spacial score (nSPS) is 17.9. The summed E-state index contributed by atoms with van der Waals surface area (Å²) in [4.78, 5) is 11.3. The molecule has 4 aromatic rings. The molecule has 36 heavy (non-hydrogen) atoms. The van der Waals surface area contributed by atoms with Crippen LogP contribution in [-0.2, 0) is 10.0 Å². The van der Waals surface area contributed by atoms with Gasteiger partial charge in [-0.3, -0.25) is 14.3 Å². The summed E-state index contributed by atoms with van der Waals surface area (Å²) in [6, 6.07) is 13.3. The number of thiazole rings is 1. The van der Waals surface area contributed by atoms with E-state index in [1.54, 1.807) is 23.6 Å². The molecular weight excluding hydrogens is 513 g/mol. The second kappa shape index (κ2) is 9.30. The quantitative estimate of drug-likeness (QED) is 0.341. The van der Waals surface area contributed by atoms with Gasteiger partial charge in [0.05, 0.1) is 29.7 Å². The SMILES string of the molecule is Cc1cc(N2C(=S)N[C@H](c3ccccn3)[C@@H]2c2cc(C)n(-c3nccs3)c2C)ccc1NS(C)(=O)=O. The second-order valence-electron chi connectivity index (χ2n) is 8.85. The van der Waals surface area contributed by atoms with Crippen LogP contribution in [0.1, 0.15) is 40.3 Å². The molecule has 186 valence electrons. The van der Waals surface area contributed by atoms with Gasteiger partial charge in [0.15, 0.2) is 10.2 Å². The highest BCUT2D eigenvalue weighted by molar-refractivity contribution is 7.92. The van der Waals surface area contributed by atoms with E-state index in [4.69, 9.17) is 12.2 Å². The molecule has 1 aromatic carbocycles. The Labute approximate surface area is 220 Å². The van der Waals surface area contributed by atoms with Gasteiger partial charge >= 0.3 is 0 Å². The molecule has 8 nitrogen and oxygen atoms in total. The summed E-state index contributed by atoms with van der Waals surface area (Å²) < 4.78 is 28.3. The Bertz CT molecular complexity index is 1530. The first kappa shape index (κ1) is 24.4. The predicted octanol–water partition coefficient (Wildman–Crippen LogP) is 4.80. The fourth-order valence-corrected chi connectivity index (χ4v) is 6.49. The number of nitrogens with one attached hydrogen (secondary N) is 2. The van der Waals surface area contributed by atoms with E-state index in [0.717, 1.165) is 45.3 Å². The molecule has 0 saturated carbocycles. The smallest absolute Gasteiger partial charge is 0.229 e. The molecule has 5 rings (SSSR count). The Morgan fingerprint density at radius 3 is 2.53 bits per heavy atom. The summed E-state index contributed by atoms with van der Waals surface area (Å²) in [5.74, 6) is 0. The number of benzene rings is 1. The third-order valence-corrected chi connectivity index (χ3v) is 7.94. The second-order valence-corrected chi connectivity index (χ2v) is 11.9. The van der Waals surface area contributed by atoms with Gasteiger partial charge in [-0.05, 0) is 80.5 Å². The Morgan fingerprint density at radius 1 is 1.08 bits per heavy atom. The molecule has 0 radical (unpaired) electrons. The van der Waals surface area contributed by atoms with Crippen LogP contribution in [0.3, 0.4) is 0 Å². The molecule has 1 aliphatic rings. The molecule has 1 fully saturated rings. The van der Waals surface area contributed by atoms with Gasteiger partial charge < -0.3 is 10.2 Å². The topological polar surface area (TPSA) is 92.2 Å². The van der Waals surface area contributed by atoms with Crippen molar-refractivity contribution in [2.24, 2.45) is 0 Å². The number of sulfonamides is 1. The summed E-state index contributed by atoms with van der Waals surface area (Å²) in [5.41, 5.74) is 6.37. The molecule has 1 aliphatic heterocycles. The van der Waals surface area contributed by atoms with Gasteiger partial charge in [0.25, 0.3) is 0 Å². The van der Waals surface area contributed by atoms with Crippen molar-refractivity contribution < 1.29 is 8.42 Å². The van der Waals surface area contributed by atoms with Crippen molar-refractivity contribution in [3.8, 4) is 5.13 Å². The van der Waals surface area contributed by atoms with Crippen molar-refractivity contribution >= 4 is 50.1 Å².